The molecule has 1 aromatic heterocycles. The molecule has 2 aromatic carbocycles. The van der Waals surface area contributed by atoms with E-state index >= 15 is 0 Å². The van der Waals surface area contributed by atoms with E-state index in [1.807, 2.05) is 24.3 Å². The molecule has 0 saturated carbocycles. The SMILES string of the molecule is CC(C)(C)c1ccc(-c2noc(CNC(=O)c3ccc(Cl)cc3F)n2)cc1. The van der Waals surface area contributed by atoms with Crippen LogP contribution in [0.4, 0.5) is 4.39 Å². The number of nitrogens with zero attached hydrogens (tertiary/aromatic N) is 2. The summed E-state index contributed by atoms with van der Waals surface area (Å²) in [5, 5.41) is 6.71. The Morgan fingerprint density at radius 3 is 2.52 bits per heavy atom. The van der Waals surface area contributed by atoms with Crippen molar-refractivity contribution in [2.45, 2.75) is 32.7 Å². The van der Waals surface area contributed by atoms with Gasteiger partial charge in [-0.05, 0) is 29.2 Å². The Bertz CT molecular complexity index is 962. The first-order valence-corrected chi connectivity index (χ1v) is 8.78. The number of hydrogen-bond acceptors (Lipinski definition) is 4. The summed E-state index contributed by atoms with van der Waals surface area (Å²) >= 11 is 5.69. The molecule has 0 aliphatic carbocycles. The molecule has 1 amide bonds. The number of carbonyl (C=O) groups excluding carboxylic acids is 1. The van der Waals surface area contributed by atoms with Crippen LogP contribution in [0, 0.1) is 5.82 Å². The number of aromatic nitrogens is 2. The molecule has 3 rings (SSSR count). The van der Waals surface area contributed by atoms with Crippen LogP contribution in [0.25, 0.3) is 11.4 Å². The molecule has 1 N–H and O–H groups in total. The molecule has 5 nitrogen and oxygen atoms in total. The molecule has 3 aromatic rings. The maximum absolute atomic E-state index is 13.8. The highest BCUT2D eigenvalue weighted by Crippen LogP contribution is 2.25. The summed E-state index contributed by atoms with van der Waals surface area (Å²) in [6.45, 7) is 6.41. The van der Waals surface area contributed by atoms with Gasteiger partial charge in [0.2, 0.25) is 11.7 Å². The van der Waals surface area contributed by atoms with Crippen molar-refractivity contribution >= 4 is 17.5 Å². The van der Waals surface area contributed by atoms with Gasteiger partial charge < -0.3 is 9.84 Å². The van der Waals surface area contributed by atoms with Crippen molar-refractivity contribution in [1.29, 1.82) is 0 Å². The van der Waals surface area contributed by atoms with Gasteiger partial charge in [0.05, 0.1) is 12.1 Å². The lowest BCUT2D eigenvalue weighted by Crippen LogP contribution is -2.24. The molecule has 7 heteroatoms. The smallest absolute Gasteiger partial charge is 0.254 e. The number of nitrogens with one attached hydrogen (secondary N) is 1. The van der Waals surface area contributed by atoms with Crippen LogP contribution in [0.1, 0.15) is 42.6 Å². The number of halogens is 2. The fraction of sp³-hybridized carbons (Fsp3) is 0.250. The summed E-state index contributed by atoms with van der Waals surface area (Å²) in [6.07, 6.45) is 0. The summed E-state index contributed by atoms with van der Waals surface area (Å²) in [6, 6.07) is 11.8. The third-order valence-electron chi connectivity index (χ3n) is 4.05. The molecular weight excluding hydrogens is 369 g/mol. The molecule has 27 heavy (non-hydrogen) atoms. The number of benzene rings is 2. The average molecular weight is 388 g/mol. The van der Waals surface area contributed by atoms with Crippen molar-refractivity contribution in [2.75, 3.05) is 0 Å². The summed E-state index contributed by atoms with van der Waals surface area (Å²) in [5.41, 5.74) is 1.97. The highest BCUT2D eigenvalue weighted by Gasteiger charge is 2.16. The van der Waals surface area contributed by atoms with Crippen molar-refractivity contribution in [2.24, 2.45) is 0 Å². The predicted octanol–water partition coefficient (Wildman–Crippen LogP) is 4.76. The zero-order valence-electron chi connectivity index (χ0n) is 15.2. The van der Waals surface area contributed by atoms with Crippen molar-refractivity contribution in [3.63, 3.8) is 0 Å². The van der Waals surface area contributed by atoms with Crippen molar-refractivity contribution in [3.8, 4) is 11.4 Å². The molecule has 1 heterocycles. The monoisotopic (exact) mass is 387 g/mol. The van der Waals surface area contributed by atoms with E-state index in [9.17, 15) is 9.18 Å². The van der Waals surface area contributed by atoms with Crippen LogP contribution < -0.4 is 5.32 Å². The summed E-state index contributed by atoms with van der Waals surface area (Å²) in [4.78, 5) is 16.3. The molecule has 0 radical (unpaired) electrons. The predicted molar refractivity (Wildman–Crippen MR) is 101 cm³/mol. The lowest BCUT2D eigenvalue weighted by molar-refractivity contribution is 0.0942. The second kappa shape index (κ2) is 7.48. The highest BCUT2D eigenvalue weighted by molar-refractivity contribution is 6.30. The third-order valence-corrected chi connectivity index (χ3v) is 4.29. The van der Waals surface area contributed by atoms with Gasteiger partial charge >= 0.3 is 0 Å². The average Bonchev–Trinajstić information content (AvgIpc) is 3.08. The molecule has 0 fully saturated rings. The Hall–Kier alpha value is -2.73. The largest absolute Gasteiger partial charge is 0.343 e. The second-order valence-corrected chi connectivity index (χ2v) is 7.58. The van der Waals surface area contributed by atoms with E-state index in [0.717, 1.165) is 11.6 Å². The number of amides is 1. The molecule has 0 saturated heterocycles. The summed E-state index contributed by atoms with van der Waals surface area (Å²) in [5.74, 6) is -0.617. The molecule has 0 aliphatic rings. The van der Waals surface area contributed by atoms with Crippen LogP contribution in [0.5, 0.6) is 0 Å². The quantitative estimate of drug-likeness (QED) is 0.701. The Morgan fingerprint density at radius 2 is 1.89 bits per heavy atom. The highest BCUT2D eigenvalue weighted by atomic mass is 35.5. The Morgan fingerprint density at radius 1 is 1.19 bits per heavy atom. The molecule has 0 spiro atoms. The van der Waals surface area contributed by atoms with Crippen LogP contribution in [0.3, 0.4) is 0 Å². The van der Waals surface area contributed by atoms with Gasteiger partial charge in [-0.2, -0.15) is 4.98 Å². The number of hydrogen-bond donors (Lipinski definition) is 1. The van der Waals surface area contributed by atoms with Gasteiger partial charge in [-0.25, -0.2) is 4.39 Å². The maximum atomic E-state index is 13.8. The minimum atomic E-state index is -0.690. The fourth-order valence-corrected chi connectivity index (χ4v) is 2.65. The Kier molecular flexibility index (Phi) is 5.28. The zero-order valence-corrected chi connectivity index (χ0v) is 16.0. The Balaban J connectivity index is 1.66. The second-order valence-electron chi connectivity index (χ2n) is 7.15. The van der Waals surface area contributed by atoms with Gasteiger partial charge in [0.25, 0.3) is 5.91 Å². The zero-order chi connectivity index (χ0) is 19.6. The van der Waals surface area contributed by atoms with Gasteiger partial charge in [-0.15, -0.1) is 0 Å². The minimum absolute atomic E-state index is 0.00598. The topological polar surface area (TPSA) is 68.0 Å². The van der Waals surface area contributed by atoms with Gasteiger partial charge in [0.1, 0.15) is 5.82 Å². The van der Waals surface area contributed by atoms with E-state index in [-0.39, 0.29) is 28.4 Å². The lowest BCUT2D eigenvalue weighted by atomic mass is 9.87. The van der Waals surface area contributed by atoms with Crippen molar-refractivity contribution < 1.29 is 13.7 Å². The van der Waals surface area contributed by atoms with E-state index in [0.29, 0.717) is 5.82 Å². The van der Waals surface area contributed by atoms with Gasteiger partial charge in [-0.1, -0.05) is 61.8 Å². The van der Waals surface area contributed by atoms with Gasteiger partial charge in [-0.3, -0.25) is 4.79 Å². The molecule has 0 bridgehead atoms. The first-order chi connectivity index (χ1) is 12.7. The molecule has 0 unspecified atom stereocenters. The van der Waals surface area contributed by atoms with Gasteiger partial charge in [0.15, 0.2) is 0 Å². The van der Waals surface area contributed by atoms with E-state index in [4.69, 9.17) is 16.1 Å². The van der Waals surface area contributed by atoms with Gasteiger partial charge in [0, 0.05) is 10.6 Å². The summed E-state index contributed by atoms with van der Waals surface area (Å²) in [7, 11) is 0. The standard InChI is InChI=1S/C20H19ClFN3O2/c1-20(2,3)13-6-4-12(5-7-13)18-24-17(27-25-18)11-23-19(26)15-9-8-14(21)10-16(15)22/h4-10H,11H2,1-3H3,(H,23,26). The van der Waals surface area contributed by atoms with Crippen molar-refractivity contribution in [3.05, 3.63) is 70.3 Å². The first kappa shape index (κ1) is 19.0. The van der Waals surface area contributed by atoms with E-state index in [1.165, 1.54) is 17.7 Å². The number of rotatable bonds is 4. The van der Waals surface area contributed by atoms with E-state index < -0.39 is 11.7 Å². The molecule has 0 atom stereocenters. The minimum Gasteiger partial charge on any atom is -0.343 e. The number of carbonyl (C=O) groups is 1. The Labute approximate surface area is 161 Å². The lowest BCUT2D eigenvalue weighted by Gasteiger charge is -2.18. The third kappa shape index (κ3) is 4.52. The normalized spacial score (nSPS) is 11.4. The first-order valence-electron chi connectivity index (χ1n) is 8.41. The van der Waals surface area contributed by atoms with Crippen LogP contribution in [-0.4, -0.2) is 16.0 Å². The maximum Gasteiger partial charge on any atom is 0.254 e. The summed E-state index contributed by atoms with van der Waals surface area (Å²) < 4.78 is 18.9. The fourth-order valence-electron chi connectivity index (χ4n) is 2.49. The molecule has 140 valence electrons. The van der Waals surface area contributed by atoms with Crippen molar-refractivity contribution in [1.82, 2.24) is 15.5 Å². The van der Waals surface area contributed by atoms with E-state index in [2.05, 4.69) is 36.2 Å². The molecule has 0 aliphatic heterocycles. The van der Waals surface area contributed by atoms with E-state index in [1.54, 1.807) is 0 Å². The van der Waals surface area contributed by atoms with Crippen LogP contribution in [-0.2, 0) is 12.0 Å². The van der Waals surface area contributed by atoms with Crippen LogP contribution in [0.2, 0.25) is 5.02 Å². The van der Waals surface area contributed by atoms with Crippen LogP contribution >= 0.6 is 11.6 Å². The van der Waals surface area contributed by atoms with Crippen LogP contribution in [0.15, 0.2) is 47.0 Å². The molecular formula is C20H19ClFN3O2.